The van der Waals surface area contributed by atoms with Gasteiger partial charge in [0.2, 0.25) is 0 Å². The quantitative estimate of drug-likeness (QED) is 0.497. The van der Waals surface area contributed by atoms with Crippen molar-refractivity contribution in [3.8, 4) is 11.3 Å². The second-order valence-corrected chi connectivity index (χ2v) is 8.56. The normalized spacial score (nSPS) is 14.7. The molecule has 1 fully saturated rings. The van der Waals surface area contributed by atoms with Crippen molar-refractivity contribution in [2.45, 2.75) is 6.92 Å². The minimum absolute atomic E-state index is 0.774. The Morgan fingerprint density at radius 3 is 2.52 bits per heavy atom. The molecule has 0 bridgehead atoms. The number of aryl methyl sites for hydroxylation is 2. The Morgan fingerprint density at radius 1 is 1.00 bits per heavy atom. The Morgan fingerprint density at radius 2 is 1.79 bits per heavy atom. The number of benzene rings is 1. The second kappa shape index (κ2) is 7.27. The summed E-state index contributed by atoms with van der Waals surface area (Å²) in [6.07, 6.45) is 7.37. The van der Waals surface area contributed by atoms with Gasteiger partial charge in [-0.15, -0.1) is 0 Å². The van der Waals surface area contributed by atoms with E-state index in [4.69, 9.17) is 21.6 Å². The number of thiazole rings is 1. The number of anilines is 2. The molecule has 4 aromatic rings. The van der Waals surface area contributed by atoms with Gasteiger partial charge in [0.05, 0.1) is 39.5 Å². The maximum atomic E-state index is 6.37. The number of aromatic nitrogens is 5. The summed E-state index contributed by atoms with van der Waals surface area (Å²) in [5.41, 5.74) is 3.99. The third-order valence-electron chi connectivity index (χ3n) is 5.18. The maximum Gasteiger partial charge on any atom is 0.186 e. The summed E-state index contributed by atoms with van der Waals surface area (Å²) in [6, 6.07) is 3.98. The molecule has 9 heteroatoms. The van der Waals surface area contributed by atoms with Crippen LogP contribution in [-0.4, -0.2) is 50.9 Å². The SMILES string of the molecule is Cc1ccc(Cl)c2sc(N3CCN(c4cncc(-c5cnn(C)c5)n4)CC3)nc12. The molecule has 0 radical (unpaired) electrons. The van der Waals surface area contributed by atoms with E-state index in [1.165, 1.54) is 0 Å². The zero-order chi connectivity index (χ0) is 20.0. The van der Waals surface area contributed by atoms with Crippen LogP contribution in [0, 0.1) is 6.92 Å². The highest BCUT2D eigenvalue weighted by Gasteiger charge is 2.22. The number of halogens is 1. The van der Waals surface area contributed by atoms with Gasteiger partial charge in [0.25, 0.3) is 0 Å². The summed E-state index contributed by atoms with van der Waals surface area (Å²) in [4.78, 5) is 18.6. The molecule has 4 heterocycles. The van der Waals surface area contributed by atoms with Crippen LogP contribution in [0.1, 0.15) is 5.56 Å². The molecule has 0 unspecified atom stereocenters. The molecule has 1 aromatic carbocycles. The van der Waals surface area contributed by atoms with Crippen molar-refractivity contribution in [1.29, 1.82) is 0 Å². The molecule has 0 saturated carbocycles. The van der Waals surface area contributed by atoms with Crippen LogP contribution in [-0.2, 0) is 7.05 Å². The monoisotopic (exact) mass is 425 g/mol. The van der Waals surface area contributed by atoms with E-state index in [-0.39, 0.29) is 0 Å². The standard InChI is InChI=1S/C20H20ClN7S/c1-13-3-4-15(21)19-18(13)25-20(29-19)28-7-5-27(6-8-28)17-11-22-10-16(24-17)14-9-23-26(2)12-14/h3-4,9-12H,5-8H2,1-2H3. The van der Waals surface area contributed by atoms with E-state index in [1.807, 2.05) is 37.8 Å². The van der Waals surface area contributed by atoms with Crippen molar-refractivity contribution in [3.63, 3.8) is 0 Å². The molecule has 0 N–H and O–H groups in total. The Balaban J connectivity index is 1.33. The lowest BCUT2D eigenvalue weighted by Crippen LogP contribution is -2.46. The Bertz CT molecular complexity index is 1140. The van der Waals surface area contributed by atoms with Crippen molar-refractivity contribution in [2.75, 3.05) is 36.0 Å². The van der Waals surface area contributed by atoms with Gasteiger partial charge in [-0.3, -0.25) is 9.67 Å². The van der Waals surface area contributed by atoms with Crippen molar-refractivity contribution in [2.24, 2.45) is 7.05 Å². The zero-order valence-electron chi connectivity index (χ0n) is 16.2. The largest absolute Gasteiger partial charge is 0.352 e. The fourth-order valence-corrected chi connectivity index (χ4v) is 4.92. The van der Waals surface area contributed by atoms with Gasteiger partial charge in [0, 0.05) is 45.0 Å². The van der Waals surface area contributed by atoms with Crippen LogP contribution in [0.4, 0.5) is 10.9 Å². The van der Waals surface area contributed by atoms with E-state index in [1.54, 1.807) is 22.2 Å². The molecule has 1 aliphatic heterocycles. The minimum Gasteiger partial charge on any atom is -0.352 e. The van der Waals surface area contributed by atoms with Gasteiger partial charge in [0.1, 0.15) is 5.82 Å². The van der Waals surface area contributed by atoms with Gasteiger partial charge in [-0.2, -0.15) is 5.10 Å². The third kappa shape index (κ3) is 3.42. The molecule has 1 aliphatic rings. The number of piperazine rings is 1. The van der Waals surface area contributed by atoms with Crippen LogP contribution < -0.4 is 9.80 Å². The molecular formula is C20H20ClN7S. The fourth-order valence-electron chi connectivity index (χ4n) is 3.55. The maximum absolute atomic E-state index is 6.37. The fraction of sp³-hybridized carbons (Fsp3) is 0.300. The summed E-state index contributed by atoms with van der Waals surface area (Å²) in [7, 11) is 1.90. The summed E-state index contributed by atoms with van der Waals surface area (Å²) in [6.45, 7) is 5.58. The lowest BCUT2D eigenvalue weighted by molar-refractivity contribution is 0.645. The highest BCUT2D eigenvalue weighted by Crippen LogP contribution is 2.36. The first-order valence-corrected chi connectivity index (χ1v) is 10.6. The Labute approximate surface area is 177 Å². The number of hydrogen-bond donors (Lipinski definition) is 0. The molecule has 5 rings (SSSR count). The zero-order valence-corrected chi connectivity index (χ0v) is 17.8. The van der Waals surface area contributed by atoms with Crippen LogP contribution in [0.3, 0.4) is 0 Å². The van der Waals surface area contributed by atoms with Crippen LogP contribution >= 0.6 is 22.9 Å². The lowest BCUT2D eigenvalue weighted by atomic mass is 10.2. The van der Waals surface area contributed by atoms with E-state index >= 15 is 0 Å². The van der Waals surface area contributed by atoms with Crippen molar-refractivity contribution in [3.05, 3.63) is 47.5 Å². The van der Waals surface area contributed by atoms with Gasteiger partial charge in [-0.05, 0) is 18.6 Å². The van der Waals surface area contributed by atoms with Gasteiger partial charge in [-0.25, -0.2) is 9.97 Å². The van der Waals surface area contributed by atoms with Gasteiger partial charge in [-0.1, -0.05) is 29.0 Å². The lowest BCUT2D eigenvalue weighted by Gasteiger charge is -2.35. The van der Waals surface area contributed by atoms with Crippen molar-refractivity contribution < 1.29 is 0 Å². The molecule has 148 valence electrons. The molecule has 7 nitrogen and oxygen atoms in total. The van der Waals surface area contributed by atoms with E-state index < -0.39 is 0 Å². The molecule has 1 saturated heterocycles. The molecule has 3 aromatic heterocycles. The van der Waals surface area contributed by atoms with Crippen molar-refractivity contribution in [1.82, 2.24) is 24.7 Å². The van der Waals surface area contributed by atoms with Gasteiger partial charge < -0.3 is 9.80 Å². The Hall–Kier alpha value is -2.71. The average Bonchev–Trinajstić information content (AvgIpc) is 3.39. The summed E-state index contributed by atoms with van der Waals surface area (Å²) >= 11 is 8.04. The minimum atomic E-state index is 0.774. The van der Waals surface area contributed by atoms with Gasteiger partial charge >= 0.3 is 0 Å². The van der Waals surface area contributed by atoms with Crippen molar-refractivity contribution >= 4 is 44.1 Å². The van der Waals surface area contributed by atoms with Crippen LogP contribution in [0.15, 0.2) is 36.9 Å². The van der Waals surface area contributed by atoms with E-state index in [0.29, 0.717) is 0 Å². The second-order valence-electron chi connectivity index (χ2n) is 7.18. The molecule has 0 atom stereocenters. The summed E-state index contributed by atoms with van der Waals surface area (Å²) in [5.74, 6) is 0.897. The first-order chi connectivity index (χ1) is 14.1. The van der Waals surface area contributed by atoms with E-state index in [2.05, 4.69) is 26.8 Å². The number of rotatable bonds is 3. The number of hydrogen-bond acceptors (Lipinski definition) is 7. The Kier molecular flexibility index (Phi) is 4.60. The number of fused-ring (bicyclic) bond motifs is 1. The molecule has 0 amide bonds. The first-order valence-electron chi connectivity index (χ1n) is 9.45. The van der Waals surface area contributed by atoms with Crippen LogP contribution in [0.25, 0.3) is 21.5 Å². The average molecular weight is 426 g/mol. The highest BCUT2D eigenvalue weighted by molar-refractivity contribution is 7.22. The van der Waals surface area contributed by atoms with Gasteiger partial charge in [0.15, 0.2) is 5.13 Å². The topological polar surface area (TPSA) is 63.0 Å². The first kappa shape index (κ1) is 18.3. The molecule has 0 spiro atoms. The summed E-state index contributed by atoms with van der Waals surface area (Å²) in [5, 5.41) is 6.03. The van der Waals surface area contributed by atoms with E-state index in [0.717, 1.165) is 69.2 Å². The molecule has 0 aliphatic carbocycles. The summed E-state index contributed by atoms with van der Waals surface area (Å²) < 4.78 is 2.84. The van der Waals surface area contributed by atoms with Crippen LogP contribution in [0.5, 0.6) is 0 Å². The molecule has 29 heavy (non-hydrogen) atoms. The molecular weight excluding hydrogens is 406 g/mol. The predicted octanol–water partition coefficient (Wildman–Crippen LogP) is 3.78. The smallest absolute Gasteiger partial charge is 0.186 e. The van der Waals surface area contributed by atoms with Crippen LogP contribution in [0.2, 0.25) is 5.02 Å². The number of nitrogens with zero attached hydrogens (tertiary/aromatic N) is 7. The highest BCUT2D eigenvalue weighted by atomic mass is 35.5. The van der Waals surface area contributed by atoms with E-state index in [9.17, 15) is 0 Å². The predicted molar refractivity (Wildman–Crippen MR) is 118 cm³/mol. The third-order valence-corrected chi connectivity index (χ3v) is 6.76.